The fourth-order valence-corrected chi connectivity index (χ4v) is 10.2. The SMILES string of the molecule is CN1CCN(c2ccc3nc(-c4cc(C(C)(C)C)c(OCCCC(=O)NCCCn5nnc6c5-c5ccccc5CN(C(=O)CCC(=O)CCCOCCOCCC(C)(C)C)c5ccccc5-6)c(C(C)(C)C)c4)[nH]c3c2)CC1. The lowest BCUT2D eigenvalue weighted by molar-refractivity contribution is -0.124. The number of nitrogens with zero attached hydrogens (tertiary/aromatic N) is 7. The summed E-state index contributed by atoms with van der Waals surface area (Å²) in [4.78, 5) is 55.7. The summed E-state index contributed by atoms with van der Waals surface area (Å²) < 4.78 is 20.0. The maximum Gasteiger partial charge on any atom is 0.227 e. The highest BCUT2D eigenvalue weighted by molar-refractivity contribution is 6.01. The number of hydrogen-bond donors (Lipinski definition) is 2. The minimum absolute atomic E-state index is 0.0289. The number of H-pyrrole nitrogens is 1. The molecule has 15 heteroatoms. The molecule has 0 bridgehead atoms. The molecule has 0 radical (unpaired) electrons. The highest BCUT2D eigenvalue weighted by atomic mass is 16.5. The second-order valence-electron chi connectivity index (χ2n) is 24.5. The Bertz CT molecular complexity index is 2970. The number of piperazine rings is 1. The summed E-state index contributed by atoms with van der Waals surface area (Å²) in [5.74, 6) is 1.61. The molecular formula is C63H85N9O6. The van der Waals surface area contributed by atoms with Gasteiger partial charge in [-0.1, -0.05) is 110 Å². The minimum atomic E-state index is -0.225. The molecule has 2 aliphatic heterocycles. The van der Waals surface area contributed by atoms with Crippen molar-refractivity contribution in [3.05, 3.63) is 95.6 Å². The second kappa shape index (κ2) is 25.6. The molecule has 15 nitrogen and oxygen atoms in total. The van der Waals surface area contributed by atoms with Crippen molar-refractivity contribution < 1.29 is 28.6 Å². The quantitative estimate of drug-likeness (QED) is 0.0588. The maximum atomic E-state index is 14.1. The Morgan fingerprint density at radius 3 is 2.10 bits per heavy atom. The normalized spacial score (nSPS) is 14.2. The number of aryl methyl sites for hydroxylation is 1. The van der Waals surface area contributed by atoms with Crippen LogP contribution in [0.25, 0.3) is 44.9 Å². The van der Waals surface area contributed by atoms with Gasteiger partial charge in [-0.25, -0.2) is 9.67 Å². The number of hydrogen-bond acceptors (Lipinski definition) is 11. The van der Waals surface area contributed by atoms with Crippen molar-refractivity contribution in [1.29, 1.82) is 0 Å². The molecule has 0 spiro atoms. The zero-order valence-electron chi connectivity index (χ0n) is 48.2. The van der Waals surface area contributed by atoms with Crippen LogP contribution >= 0.6 is 0 Å². The molecule has 4 aromatic carbocycles. The smallest absolute Gasteiger partial charge is 0.227 e. The fraction of sp³-hybridized carbons (Fsp3) is 0.524. The van der Waals surface area contributed by atoms with E-state index in [2.05, 4.69) is 125 Å². The van der Waals surface area contributed by atoms with Gasteiger partial charge in [0, 0.05) is 112 Å². The number of anilines is 2. The molecule has 4 heterocycles. The molecule has 418 valence electrons. The molecule has 0 unspecified atom stereocenters. The van der Waals surface area contributed by atoms with Crippen molar-refractivity contribution in [2.24, 2.45) is 5.41 Å². The molecule has 0 aliphatic carbocycles. The van der Waals surface area contributed by atoms with Crippen LogP contribution in [0.2, 0.25) is 0 Å². The van der Waals surface area contributed by atoms with Crippen LogP contribution in [0.5, 0.6) is 5.75 Å². The summed E-state index contributed by atoms with van der Waals surface area (Å²) in [7, 11) is 2.18. The number of benzene rings is 4. The number of likely N-dealkylation sites (N-methyl/N-ethyl adjacent to an activating group) is 1. The van der Waals surface area contributed by atoms with E-state index < -0.39 is 0 Å². The van der Waals surface area contributed by atoms with Crippen LogP contribution in [-0.4, -0.2) is 120 Å². The molecule has 2 N–H and O–H groups in total. The fourth-order valence-electron chi connectivity index (χ4n) is 10.2. The van der Waals surface area contributed by atoms with Crippen LogP contribution < -0.4 is 19.9 Å². The van der Waals surface area contributed by atoms with Crippen LogP contribution in [0.3, 0.4) is 0 Å². The lowest BCUT2D eigenvalue weighted by atomic mass is 9.78. The summed E-state index contributed by atoms with van der Waals surface area (Å²) in [6.45, 7) is 27.9. The Hall–Kier alpha value is -6.42. The first-order chi connectivity index (χ1) is 37.2. The van der Waals surface area contributed by atoms with E-state index in [1.54, 1.807) is 4.90 Å². The van der Waals surface area contributed by atoms with E-state index in [1.165, 1.54) is 5.69 Å². The van der Waals surface area contributed by atoms with Crippen LogP contribution in [0.15, 0.2) is 78.9 Å². The number of aromatic nitrogens is 5. The van der Waals surface area contributed by atoms with Gasteiger partial charge in [0.1, 0.15) is 23.1 Å². The predicted molar refractivity (Wildman–Crippen MR) is 312 cm³/mol. The van der Waals surface area contributed by atoms with Crippen molar-refractivity contribution in [2.45, 2.75) is 138 Å². The standard InChI is InChI=1S/C63H85N9O6/c1-61(2,3)28-37-77-39-38-76-35-15-19-47(73)25-27-56(75)71-43-44-18-11-12-20-48(44)58-57(49-21-13-14-22-54(49)71)67-68-72(58)30-17-29-64-55(74)23-16-36-78-59-50(62(4,5)6)40-45(41-51(59)63(7,8)9)60-65-52-26-24-46(42-53(52)66-60)70-33-31-69(10)32-34-70/h11-14,18,20-22,24,26,40-42H,15-17,19,23,25,27-39,43H2,1-10H3,(H,64,74)(H,65,66). The number of carbonyl (C=O) groups excluding carboxylic acids is 3. The second-order valence-corrected chi connectivity index (χ2v) is 24.5. The van der Waals surface area contributed by atoms with E-state index in [4.69, 9.17) is 24.3 Å². The first-order valence-electron chi connectivity index (χ1n) is 28.3. The molecule has 8 rings (SSSR count). The predicted octanol–water partition coefficient (Wildman–Crippen LogP) is 11.3. The van der Waals surface area contributed by atoms with E-state index >= 15 is 0 Å². The van der Waals surface area contributed by atoms with Crippen LogP contribution in [0, 0.1) is 5.41 Å². The number of fused-ring (bicyclic) bond motifs is 6. The number of rotatable bonds is 23. The summed E-state index contributed by atoms with van der Waals surface area (Å²) in [6, 6.07) is 26.8. The van der Waals surface area contributed by atoms with Gasteiger partial charge < -0.3 is 39.2 Å². The summed E-state index contributed by atoms with van der Waals surface area (Å²) >= 11 is 0. The van der Waals surface area contributed by atoms with Gasteiger partial charge in [-0.3, -0.25) is 14.4 Å². The van der Waals surface area contributed by atoms with Gasteiger partial charge in [-0.15, -0.1) is 5.10 Å². The molecule has 6 aromatic rings. The van der Waals surface area contributed by atoms with Gasteiger partial charge in [0.2, 0.25) is 11.8 Å². The van der Waals surface area contributed by atoms with Gasteiger partial charge in [-0.2, -0.15) is 0 Å². The average Bonchev–Trinajstić information content (AvgIpc) is 4.04. The van der Waals surface area contributed by atoms with E-state index in [9.17, 15) is 14.4 Å². The number of para-hydroxylation sites is 1. The molecule has 0 saturated carbocycles. The number of carbonyl (C=O) groups is 3. The topological polar surface area (TPSA) is 160 Å². The number of amides is 2. The third-order valence-electron chi connectivity index (χ3n) is 14.8. The van der Waals surface area contributed by atoms with Crippen LogP contribution in [0.4, 0.5) is 11.4 Å². The Balaban J connectivity index is 0.845. The molecule has 0 atom stereocenters. The van der Waals surface area contributed by atoms with Gasteiger partial charge in [0.25, 0.3) is 0 Å². The monoisotopic (exact) mass is 1060 g/mol. The molecular weight excluding hydrogens is 979 g/mol. The van der Waals surface area contributed by atoms with Crippen LogP contribution in [-0.2, 0) is 47.8 Å². The number of ketones is 1. The summed E-state index contributed by atoms with van der Waals surface area (Å²) in [6.07, 6.45) is 3.75. The molecule has 2 amide bonds. The van der Waals surface area contributed by atoms with Gasteiger partial charge in [0.05, 0.1) is 48.8 Å². The van der Waals surface area contributed by atoms with Crippen molar-refractivity contribution >= 4 is 40.0 Å². The lowest BCUT2D eigenvalue weighted by Crippen LogP contribution is -2.44. The number of aromatic amines is 1. The third kappa shape index (κ3) is 15.0. The number of imidazole rings is 1. The largest absolute Gasteiger partial charge is 0.493 e. The van der Waals surface area contributed by atoms with Crippen molar-refractivity contribution in [3.63, 3.8) is 0 Å². The highest BCUT2D eigenvalue weighted by Crippen LogP contribution is 2.44. The molecule has 1 fully saturated rings. The van der Waals surface area contributed by atoms with E-state index in [0.717, 1.165) is 100.0 Å². The number of ether oxygens (including phenoxy) is 3. The summed E-state index contributed by atoms with van der Waals surface area (Å²) in [5, 5.41) is 12.5. The third-order valence-corrected chi connectivity index (χ3v) is 14.8. The Morgan fingerprint density at radius 2 is 1.38 bits per heavy atom. The highest BCUT2D eigenvalue weighted by Gasteiger charge is 2.31. The number of Topliss-reactive ketones (excluding diaryl/α,β-unsaturated/α-hetero) is 1. The Kier molecular flexibility index (Phi) is 18.9. The van der Waals surface area contributed by atoms with Crippen molar-refractivity contribution in [1.82, 2.24) is 35.2 Å². The first kappa shape index (κ1) is 57.7. The molecule has 78 heavy (non-hydrogen) atoms. The zero-order valence-corrected chi connectivity index (χ0v) is 48.2. The minimum Gasteiger partial charge on any atom is -0.493 e. The molecule has 2 aromatic heterocycles. The van der Waals surface area contributed by atoms with E-state index in [0.29, 0.717) is 90.5 Å². The Morgan fingerprint density at radius 1 is 0.705 bits per heavy atom. The van der Waals surface area contributed by atoms with E-state index in [1.807, 2.05) is 53.2 Å². The van der Waals surface area contributed by atoms with Gasteiger partial charge in [-0.05, 0) is 90.9 Å². The van der Waals surface area contributed by atoms with Crippen LogP contribution in [0.1, 0.15) is 130 Å². The van der Waals surface area contributed by atoms with Gasteiger partial charge >= 0.3 is 0 Å². The molecule has 1 saturated heterocycles. The van der Waals surface area contributed by atoms with Crippen molar-refractivity contribution in [2.75, 3.05) is 82.6 Å². The van der Waals surface area contributed by atoms with Crippen molar-refractivity contribution in [3.8, 4) is 39.7 Å². The van der Waals surface area contributed by atoms with Gasteiger partial charge in [0.15, 0.2) is 0 Å². The zero-order chi connectivity index (χ0) is 55.6. The van der Waals surface area contributed by atoms with E-state index in [-0.39, 0.29) is 46.7 Å². The Labute approximate surface area is 462 Å². The molecule has 2 aliphatic rings. The number of nitrogens with one attached hydrogen (secondary N) is 2. The first-order valence-corrected chi connectivity index (χ1v) is 28.3. The maximum absolute atomic E-state index is 14.1. The lowest BCUT2D eigenvalue weighted by Gasteiger charge is -2.34. The average molecular weight is 1060 g/mol. The summed E-state index contributed by atoms with van der Waals surface area (Å²) in [5.41, 5.74) is 11.2.